The number of rotatable bonds is 3. The van der Waals surface area contributed by atoms with E-state index in [4.69, 9.17) is 0 Å². The van der Waals surface area contributed by atoms with Crippen molar-refractivity contribution in [3.05, 3.63) is 64.7 Å². The Morgan fingerprint density at radius 1 is 1.05 bits per heavy atom. The third-order valence-electron chi connectivity index (χ3n) is 3.02. The molecule has 2 nitrogen and oxygen atoms in total. The van der Waals surface area contributed by atoms with Crippen molar-refractivity contribution < 1.29 is 13.2 Å². The maximum Gasteiger partial charge on any atom is 0.164 e. The van der Waals surface area contributed by atoms with Gasteiger partial charge in [0.1, 0.15) is 5.82 Å². The first kappa shape index (κ1) is 13.5. The van der Waals surface area contributed by atoms with Crippen LogP contribution in [0.1, 0.15) is 22.7 Å². The molecule has 1 heterocycles. The van der Waals surface area contributed by atoms with E-state index in [0.717, 1.165) is 6.20 Å². The van der Waals surface area contributed by atoms with E-state index in [9.17, 15) is 13.2 Å². The quantitative estimate of drug-likeness (QED) is 0.923. The van der Waals surface area contributed by atoms with Gasteiger partial charge < -0.3 is 5.32 Å². The summed E-state index contributed by atoms with van der Waals surface area (Å²) < 4.78 is 41.3. The van der Waals surface area contributed by atoms with Gasteiger partial charge in [0.15, 0.2) is 11.6 Å². The van der Waals surface area contributed by atoms with Crippen molar-refractivity contribution in [1.82, 2.24) is 10.3 Å². The van der Waals surface area contributed by atoms with Gasteiger partial charge in [-0.2, -0.15) is 0 Å². The average Bonchev–Trinajstić information content (AvgIpc) is 2.41. The largest absolute Gasteiger partial charge is 0.309 e. The summed E-state index contributed by atoms with van der Waals surface area (Å²) in [5, 5.41) is 2.79. The van der Waals surface area contributed by atoms with Gasteiger partial charge in [0, 0.05) is 17.3 Å². The summed E-state index contributed by atoms with van der Waals surface area (Å²) in [6, 6.07) is 3.60. The zero-order valence-corrected chi connectivity index (χ0v) is 10.5. The van der Waals surface area contributed by atoms with Gasteiger partial charge in [-0.25, -0.2) is 13.2 Å². The molecule has 1 aromatic heterocycles. The van der Waals surface area contributed by atoms with Crippen molar-refractivity contribution in [1.29, 1.82) is 0 Å². The zero-order valence-electron chi connectivity index (χ0n) is 10.5. The molecule has 0 amide bonds. The molecule has 0 fully saturated rings. The van der Waals surface area contributed by atoms with Crippen LogP contribution in [0.25, 0.3) is 0 Å². The van der Waals surface area contributed by atoms with Gasteiger partial charge in [0.2, 0.25) is 0 Å². The van der Waals surface area contributed by atoms with E-state index in [1.165, 1.54) is 31.3 Å². The highest BCUT2D eigenvalue weighted by Gasteiger charge is 2.22. The van der Waals surface area contributed by atoms with Crippen LogP contribution >= 0.6 is 0 Å². The lowest BCUT2D eigenvalue weighted by atomic mass is 9.97. The fourth-order valence-electron chi connectivity index (χ4n) is 1.98. The number of benzene rings is 1. The van der Waals surface area contributed by atoms with E-state index in [1.807, 2.05) is 0 Å². The molecule has 1 unspecified atom stereocenters. The maximum absolute atomic E-state index is 14.0. The molecule has 100 valence electrons. The van der Waals surface area contributed by atoms with Crippen LogP contribution in [0, 0.1) is 24.4 Å². The van der Waals surface area contributed by atoms with Gasteiger partial charge in [-0.3, -0.25) is 4.98 Å². The number of pyridine rings is 1. The van der Waals surface area contributed by atoms with Gasteiger partial charge in [-0.15, -0.1) is 0 Å². The molecule has 0 saturated carbocycles. The van der Waals surface area contributed by atoms with Crippen molar-refractivity contribution in [2.24, 2.45) is 0 Å². The fourth-order valence-corrected chi connectivity index (χ4v) is 1.98. The zero-order chi connectivity index (χ0) is 14.0. The molecule has 0 spiro atoms. The van der Waals surface area contributed by atoms with Crippen LogP contribution in [0.3, 0.4) is 0 Å². The van der Waals surface area contributed by atoms with Crippen molar-refractivity contribution in [3.8, 4) is 0 Å². The fraction of sp³-hybridized carbons (Fsp3) is 0.214. The van der Waals surface area contributed by atoms with Gasteiger partial charge in [0.25, 0.3) is 0 Å². The molecule has 0 radical (unpaired) electrons. The molecule has 1 atom stereocenters. The Labute approximate surface area is 109 Å². The summed E-state index contributed by atoms with van der Waals surface area (Å²) in [6.07, 6.45) is 2.45. The molecule has 2 rings (SSSR count). The predicted octanol–water partition coefficient (Wildman–Crippen LogP) is 3.12. The van der Waals surface area contributed by atoms with Gasteiger partial charge in [-0.1, -0.05) is 12.1 Å². The molecule has 0 aliphatic carbocycles. The van der Waals surface area contributed by atoms with Crippen LogP contribution in [0.4, 0.5) is 13.2 Å². The monoisotopic (exact) mass is 266 g/mol. The third-order valence-corrected chi connectivity index (χ3v) is 3.02. The molecule has 0 saturated heterocycles. The summed E-state index contributed by atoms with van der Waals surface area (Å²) in [6.45, 7) is 1.48. The molecular weight excluding hydrogens is 253 g/mol. The van der Waals surface area contributed by atoms with E-state index < -0.39 is 23.5 Å². The number of aryl methyl sites for hydroxylation is 1. The molecule has 19 heavy (non-hydrogen) atoms. The Morgan fingerprint density at radius 2 is 1.79 bits per heavy atom. The highest BCUT2D eigenvalue weighted by molar-refractivity contribution is 5.35. The average molecular weight is 266 g/mol. The number of hydrogen-bond donors (Lipinski definition) is 1. The number of nitrogens with zero attached hydrogens (tertiary/aromatic N) is 1. The number of halogens is 3. The molecule has 2 aromatic rings. The molecule has 1 aromatic carbocycles. The normalized spacial score (nSPS) is 12.5. The summed E-state index contributed by atoms with van der Waals surface area (Å²) in [4.78, 5) is 3.64. The lowest BCUT2D eigenvalue weighted by molar-refractivity contribution is 0.478. The highest BCUT2D eigenvalue weighted by atomic mass is 19.2. The lowest BCUT2D eigenvalue weighted by Crippen LogP contribution is -2.21. The van der Waals surface area contributed by atoms with Crippen molar-refractivity contribution >= 4 is 0 Å². The first-order valence-corrected chi connectivity index (χ1v) is 5.77. The van der Waals surface area contributed by atoms with Crippen LogP contribution in [0.5, 0.6) is 0 Å². The smallest absolute Gasteiger partial charge is 0.164 e. The van der Waals surface area contributed by atoms with Gasteiger partial charge in [0.05, 0.1) is 12.2 Å². The SMILES string of the molecule is CNC(c1ccncc1F)c1ccc(C)c(F)c1F. The molecule has 0 aliphatic heterocycles. The minimum atomic E-state index is -0.962. The minimum Gasteiger partial charge on any atom is -0.309 e. The van der Waals surface area contributed by atoms with Gasteiger partial charge in [-0.05, 0) is 25.6 Å². The van der Waals surface area contributed by atoms with Crippen LogP contribution in [0.2, 0.25) is 0 Å². The Balaban J connectivity index is 2.55. The van der Waals surface area contributed by atoms with Crippen molar-refractivity contribution in [3.63, 3.8) is 0 Å². The molecular formula is C14H13F3N2. The Hall–Kier alpha value is -1.88. The summed E-state index contributed by atoms with van der Waals surface area (Å²) >= 11 is 0. The maximum atomic E-state index is 14.0. The van der Waals surface area contributed by atoms with E-state index in [0.29, 0.717) is 0 Å². The van der Waals surface area contributed by atoms with E-state index in [2.05, 4.69) is 10.3 Å². The highest BCUT2D eigenvalue weighted by Crippen LogP contribution is 2.27. The summed E-state index contributed by atoms with van der Waals surface area (Å²) in [5.74, 6) is -2.44. The Kier molecular flexibility index (Phi) is 3.85. The van der Waals surface area contributed by atoms with Crippen LogP contribution < -0.4 is 5.32 Å². The Morgan fingerprint density at radius 3 is 2.42 bits per heavy atom. The van der Waals surface area contributed by atoms with Crippen LogP contribution in [0.15, 0.2) is 30.6 Å². The first-order chi connectivity index (χ1) is 9.06. The van der Waals surface area contributed by atoms with Gasteiger partial charge >= 0.3 is 0 Å². The second-order valence-corrected chi connectivity index (χ2v) is 4.22. The first-order valence-electron chi connectivity index (χ1n) is 5.77. The number of aromatic nitrogens is 1. The second-order valence-electron chi connectivity index (χ2n) is 4.22. The topological polar surface area (TPSA) is 24.9 Å². The second kappa shape index (κ2) is 5.40. The standard InChI is InChI=1S/C14H13F3N2/c1-8-3-4-10(13(17)12(8)16)14(18-2)9-5-6-19-7-11(9)15/h3-7,14,18H,1-2H3. The summed E-state index contributed by atoms with van der Waals surface area (Å²) in [7, 11) is 1.56. The predicted molar refractivity (Wildman–Crippen MR) is 66.2 cm³/mol. The van der Waals surface area contributed by atoms with E-state index in [1.54, 1.807) is 7.05 Å². The minimum absolute atomic E-state index is 0.0655. The van der Waals surface area contributed by atoms with Crippen molar-refractivity contribution in [2.75, 3.05) is 7.05 Å². The lowest BCUT2D eigenvalue weighted by Gasteiger charge is -2.19. The van der Waals surface area contributed by atoms with E-state index in [-0.39, 0.29) is 16.7 Å². The molecule has 5 heteroatoms. The van der Waals surface area contributed by atoms with Crippen LogP contribution in [-0.2, 0) is 0 Å². The molecule has 0 bridgehead atoms. The third kappa shape index (κ3) is 2.46. The van der Waals surface area contributed by atoms with Crippen LogP contribution in [-0.4, -0.2) is 12.0 Å². The molecule has 1 N–H and O–H groups in total. The number of hydrogen-bond acceptors (Lipinski definition) is 2. The van der Waals surface area contributed by atoms with E-state index >= 15 is 0 Å². The van der Waals surface area contributed by atoms with Crippen molar-refractivity contribution in [2.45, 2.75) is 13.0 Å². The molecule has 0 aliphatic rings. The Bertz CT molecular complexity index is 599. The summed E-state index contributed by atoms with van der Waals surface area (Å²) in [5.41, 5.74) is 0.502. The number of nitrogens with one attached hydrogen (secondary N) is 1.